The molecule has 1 aliphatic heterocycles. The van der Waals surface area contributed by atoms with Crippen molar-refractivity contribution in [2.75, 3.05) is 5.01 Å². The molecule has 0 N–H and O–H groups in total. The van der Waals surface area contributed by atoms with Gasteiger partial charge in [0.15, 0.2) is 0 Å². The molecule has 0 saturated heterocycles. The topological polar surface area (TPSA) is 28.5 Å². The van der Waals surface area contributed by atoms with Crippen LogP contribution in [0, 0.1) is 5.92 Å². The van der Waals surface area contributed by atoms with E-state index < -0.39 is 0 Å². The summed E-state index contributed by atoms with van der Waals surface area (Å²) in [7, 11) is 0. The van der Waals surface area contributed by atoms with E-state index in [1.165, 1.54) is 28.8 Å². The fourth-order valence-corrected chi connectivity index (χ4v) is 6.10. The van der Waals surface area contributed by atoms with Gasteiger partial charge in [0.1, 0.15) is 0 Å². The van der Waals surface area contributed by atoms with Crippen LogP contribution >= 0.6 is 27.3 Å². The lowest BCUT2D eigenvalue weighted by molar-refractivity contribution is 0.487. The predicted molar refractivity (Wildman–Crippen MR) is 146 cm³/mol. The smallest absolute Gasteiger partial charge is 0.207 e. The van der Waals surface area contributed by atoms with Gasteiger partial charge in [-0.1, -0.05) is 88.7 Å². The van der Waals surface area contributed by atoms with E-state index in [0.717, 1.165) is 33.7 Å². The molecule has 2 atom stereocenters. The fourth-order valence-electron chi connectivity index (χ4n) is 5.01. The summed E-state index contributed by atoms with van der Waals surface area (Å²) in [5.41, 5.74) is 7.24. The van der Waals surface area contributed by atoms with Crippen molar-refractivity contribution in [1.82, 2.24) is 4.98 Å². The number of aromatic nitrogens is 1. The number of halogens is 1. The van der Waals surface area contributed by atoms with Crippen LogP contribution in [0.25, 0.3) is 17.3 Å². The first-order chi connectivity index (χ1) is 16.8. The molecule has 0 amide bonds. The molecule has 5 heteroatoms. The summed E-state index contributed by atoms with van der Waals surface area (Å²) >= 11 is 5.20. The molecular weight excluding hydrogens is 502 g/mol. The van der Waals surface area contributed by atoms with E-state index in [1.807, 2.05) is 0 Å². The first kappa shape index (κ1) is 21.5. The summed E-state index contributed by atoms with van der Waals surface area (Å²) in [4.78, 5) is 5.04. The van der Waals surface area contributed by atoms with Gasteiger partial charge < -0.3 is 0 Å². The number of nitrogens with zero attached hydrogens (tertiary/aromatic N) is 3. The van der Waals surface area contributed by atoms with E-state index in [1.54, 1.807) is 11.3 Å². The van der Waals surface area contributed by atoms with Gasteiger partial charge in [-0.15, -0.1) is 11.3 Å². The van der Waals surface area contributed by atoms with E-state index in [2.05, 4.69) is 117 Å². The molecule has 168 valence electrons. The molecule has 0 spiro atoms. The lowest BCUT2D eigenvalue weighted by Crippen LogP contribution is -2.28. The molecule has 0 bridgehead atoms. The largest absolute Gasteiger partial charge is 0.231 e. The zero-order valence-corrected chi connectivity index (χ0v) is 21.0. The molecule has 1 saturated carbocycles. The van der Waals surface area contributed by atoms with Crippen molar-refractivity contribution < 1.29 is 0 Å². The summed E-state index contributed by atoms with van der Waals surface area (Å²) in [5, 5.41) is 10.5. The SMILES string of the molecule is Brc1ccc(-c2csc(N3N=C4/C(=C/c5ccccc5)CCC[C@@H]4[C@H]3c3ccccc3)n2)cc1. The van der Waals surface area contributed by atoms with Crippen LogP contribution in [-0.2, 0) is 0 Å². The monoisotopic (exact) mass is 525 g/mol. The van der Waals surface area contributed by atoms with Crippen LogP contribution in [0.4, 0.5) is 5.13 Å². The zero-order valence-electron chi connectivity index (χ0n) is 18.6. The van der Waals surface area contributed by atoms with Gasteiger partial charge in [-0.2, -0.15) is 5.10 Å². The minimum absolute atomic E-state index is 0.166. The Kier molecular flexibility index (Phi) is 5.90. The Balaban J connectivity index is 1.42. The van der Waals surface area contributed by atoms with E-state index in [-0.39, 0.29) is 6.04 Å². The summed E-state index contributed by atoms with van der Waals surface area (Å²) in [6, 6.07) is 29.9. The van der Waals surface area contributed by atoms with E-state index >= 15 is 0 Å². The van der Waals surface area contributed by atoms with Crippen molar-refractivity contribution in [3.8, 4) is 11.3 Å². The van der Waals surface area contributed by atoms with Gasteiger partial charge >= 0.3 is 0 Å². The van der Waals surface area contributed by atoms with Crippen LogP contribution in [0.2, 0.25) is 0 Å². The quantitative estimate of drug-likeness (QED) is 0.267. The summed E-state index contributed by atoms with van der Waals surface area (Å²) in [6.07, 6.45) is 5.72. The molecule has 6 rings (SSSR count). The van der Waals surface area contributed by atoms with Crippen molar-refractivity contribution in [2.24, 2.45) is 11.0 Å². The van der Waals surface area contributed by atoms with Crippen LogP contribution in [0.3, 0.4) is 0 Å². The first-order valence-corrected chi connectivity index (χ1v) is 13.3. The highest BCUT2D eigenvalue weighted by Crippen LogP contribution is 2.47. The summed E-state index contributed by atoms with van der Waals surface area (Å²) in [6.45, 7) is 0. The number of allylic oxidation sites excluding steroid dienone is 1. The van der Waals surface area contributed by atoms with Crippen molar-refractivity contribution >= 4 is 44.2 Å². The molecular formula is C29H24BrN3S. The van der Waals surface area contributed by atoms with Gasteiger partial charge in [-0.25, -0.2) is 9.99 Å². The Morgan fingerprint density at radius 1 is 0.912 bits per heavy atom. The number of hydrazone groups is 1. The Morgan fingerprint density at radius 2 is 1.65 bits per heavy atom. The molecule has 0 unspecified atom stereocenters. The molecule has 1 aromatic heterocycles. The normalized spacial score (nSPS) is 20.9. The number of hydrogen-bond donors (Lipinski definition) is 0. The van der Waals surface area contributed by atoms with E-state index in [0.29, 0.717) is 5.92 Å². The van der Waals surface area contributed by atoms with E-state index in [4.69, 9.17) is 10.1 Å². The second kappa shape index (κ2) is 9.32. The Bertz CT molecular complexity index is 1340. The highest BCUT2D eigenvalue weighted by molar-refractivity contribution is 9.10. The minimum Gasteiger partial charge on any atom is -0.231 e. The highest BCUT2D eigenvalue weighted by atomic mass is 79.9. The number of rotatable bonds is 4. The van der Waals surface area contributed by atoms with Crippen molar-refractivity contribution in [2.45, 2.75) is 25.3 Å². The van der Waals surface area contributed by atoms with Crippen LogP contribution in [0.1, 0.15) is 36.4 Å². The summed E-state index contributed by atoms with van der Waals surface area (Å²) < 4.78 is 1.07. The zero-order chi connectivity index (χ0) is 22.9. The molecule has 0 radical (unpaired) electrons. The molecule has 1 aliphatic carbocycles. The second-order valence-corrected chi connectivity index (χ2v) is 10.5. The minimum atomic E-state index is 0.166. The highest BCUT2D eigenvalue weighted by Gasteiger charge is 2.42. The molecule has 2 heterocycles. The number of benzene rings is 3. The predicted octanol–water partition coefficient (Wildman–Crippen LogP) is 8.37. The average Bonchev–Trinajstić information content (AvgIpc) is 3.51. The van der Waals surface area contributed by atoms with Crippen LogP contribution < -0.4 is 5.01 Å². The maximum absolute atomic E-state index is 5.26. The van der Waals surface area contributed by atoms with Gasteiger partial charge in [0.2, 0.25) is 5.13 Å². The lowest BCUT2D eigenvalue weighted by Gasteiger charge is -2.29. The van der Waals surface area contributed by atoms with Crippen molar-refractivity contribution in [3.63, 3.8) is 0 Å². The maximum Gasteiger partial charge on any atom is 0.207 e. The van der Waals surface area contributed by atoms with Crippen molar-refractivity contribution in [1.29, 1.82) is 0 Å². The maximum atomic E-state index is 5.26. The second-order valence-electron chi connectivity index (χ2n) is 8.79. The van der Waals surface area contributed by atoms with E-state index in [9.17, 15) is 0 Å². The Hall–Kier alpha value is -3.02. The Labute approximate surface area is 212 Å². The Morgan fingerprint density at radius 3 is 2.41 bits per heavy atom. The molecule has 34 heavy (non-hydrogen) atoms. The third-order valence-electron chi connectivity index (χ3n) is 6.61. The lowest BCUT2D eigenvalue weighted by atomic mass is 9.77. The fraction of sp³-hybridized carbons (Fsp3) is 0.172. The van der Waals surface area contributed by atoms with Gasteiger partial charge in [0.25, 0.3) is 0 Å². The van der Waals surface area contributed by atoms with Gasteiger partial charge in [-0.3, -0.25) is 0 Å². The van der Waals surface area contributed by atoms with Crippen LogP contribution in [0.5, 0.6) is 0 Å². The van der Waals surface area contributed by atoms with Crippen molar-refractivity contribution in [3.05, 3.63) is 111 Å². The molecule has 3 nitrogen and oxygen atoms in total. The number of thiazole rings is 1. The standard InChI is InChI=1S/C29H24BrN3S/c30-24-16-14-21(15-17-24)26-19-34-29(31-26)33-28(22-10-5-2-6-11-22)25-13-7-12-23(27(25)32-33)18-20-8-3-1-4-9-20/h1-6,8-11,14-19,25,28H,7,12-13H2/b23-18+/t25-,28+/m0/s1. The average molecular weight is 527 g/mol. The summed E-state index contributed by atoms with van der Waals surface area (Å²) in [5.74, 6) is 0.367. The third-order valence-corrected chi connectivity index (χ3v) is 7.97. The molecule has 2 aliphatic rings. The van der Waals surface area contributed by atoms with Gasteiger partial charge in [-0.05, 0) is 54.2 Å². The first-order valence-electron chi connectivity index (χ1n) is 11.7. The van der Waals surface area contributed by atoms with Crippen LogP contribution in [0.15, 0.2) is 105 Å². The molecule has 3 aromatic carbocycles. The van der Waals surface area contributed by atoms with Gasteiger partial charge in [0, 0.05) is 21.3 Å². The number of hydrogen-bond acceptors (Lipinski definition) is 4. The third kappa shape index (κ3) is 4.15. The molecule has 1 fully saturated rings. The van der Waals surface area contributed by atoms with Gasteiger partial charge in [0.05, 0.1) is 17.4 Å². The van der Waals surface area contributed by atoms with Crippen LogP contribution in [-0.4, -0.2) is 10.7 Å². The molecule has 4 aromatic rings. The number of anilines is 1. The number of fused-ring (bicyclic) bond motifs is 1.